The Morgan fingerprint density at radius 2 is 1.21 bits per heavy atom. The first kappa shape index (κ1) is 31.3. The summed E-state index contributed by atoms with van der Waals surface area (Å²) in [6.07, 6.45) is 5.74. The van der Waals surface area contributed by atoms with Crippen molar-refractivity contribution in [2.75, 3.05) is 6.16 Å². The fraction of sp³-hybridized carbons (Fsp3) is 0.562. The van der Waals surface area contributed by atoms with Crippen LogP contribution in [0.2, 0.25) is 36.3 Å². The minimum absolute atomic E-state index is 0.0437. The lowest BCUT2D eigenvalue weighted by Crippen LogP contribution is -2.48. The zero-order valence-electron chi connectivity index (χ0n) is 25.5. The van der Waals surface area contributed by atoms with Gasteiger partial charge in [0.2, 0.25) is 0 Å². The van der Waals surface area contributed by atoms with Crippen molar-refractivity contribution in [1.29, 1.82) is 0 Å². The van der Waals surface area contributed by atoms with Crippen molar-refractivity contribution in [1.82, 2.24) is 0 Å². The summed E-state index contributed by atoms with van der Waals surface area (Å²) >= 11 is 0. The second-order valence-electron chi connectivity index (χ2n) is 14.1. The fourth-order valence-corrected chi connectivity index (χ4v) is 9.95. The first-order valence-electron chi connectivity index (χ1n) is 14.2. The number of rotatable bonds is 9. The molecule has 0 radical (unpaired) electrons. The van der Waals surface area contributed by atoms with Gasteiger partial charge >= 0.3 is 0 Å². The predicted molar refractivity (Wildman–Crippen MR) is 171 cm³/mol. The molecule has 0 bridgehead atoms. The summed E-state index contributed by atoms with van der Waals surface area (Å²) in [5.41, 5.74) is 1.33. The molecule has 210 valence electrons. The number of benzene rings is 2. The molecule has 2 aromatic rings. The zero-order chi connectivity index (χ0) is 28.4. The Kier molecular flexibility index (Phi) is 9.64. The van der Waals surface area contributed by atoms with E-state index < -0.39 is 23.8 Å². The van der Waals surface area contributed by atoms with Gasteiger partial charge in [-0.15, -0.1) is 0 Å². The van der Waals surface area contributed by atoms with Crippen molar-refractivity contribution in [3.05, 3.63) is 72.3 Å². The van der Waals surface area contributed by atoms with Crippen LogP contribution in [0.4, 0.5) is 0 Å². The molecule has 1 unspecified atom stereocenters. The maximum Gasteiger partial charge on any atom is 0.192 e. The van der Waals surface area contributed by atoms with E-state index >= 15 is 0 Å². The van der Waals surface area contributed by atoms with Crippen LogP contribution in [0, 0.1) is 0 Å². The van der Waals surface area contributed by atoms with Gasteiger partial charge in [0.25, 0.3) is 0 Å². The van der Waals surface area contributed by atoms with Crippen molar-refractivity contribution in [3.63, 3.8) is 0 Å². The van der Waals surface area contributed by atoms with Crippen molar-refractivity contribution in [2.45, 2.75) is 109 Å². The van der Waals surface area contributed by atoms with Gasteiger partial charge < -0.3 is 13.4 Å². The first-order chi connectivity index (χ1) is 17.4. The molecule has 6 heteroatoms. The molecule has 0 heterocycles. The highest BCUT2D eigenvalue weighted by molar-refractivity contribution is 7.78. The number of hydrogen-bond donors (Lipinski definition) is 0. The molecule has 0 aliphatic heterocycles. The van der Waals surface area contributed by atoms with Crippen molar-refractivity contribution in [3.8, 4) is 0 Å². The van der Waals surface area contributed by atoms with Crippen LogP contribution >= 0.6 is 7.14 Å². The zero-order valence-corrected chi connectivity index (χ0v) is 28.4. The molecule has 1 aliphatic rings. The van der Waals surface area contributed by atoms with E-state index in [1.165, 1.54) is 5.57 Å². The molecule has 0 N–H and O–H groups in total. The van der Waals surface area contributed by atoms with Crippen molar-refractivity contribution in [2.24, 2.45) is 0 Å². The molecule has 0 spiro atoms. The summed E-state index contributed by atoms with van der Waals surface area (Å²) < 4.78 is 28.6. The summed E-state index contributed by atoms with van der Waals surface area (Å²) in [5, 5.41) is 2.17. The minimum Gasteiger partial charge on any atom is -0.414 e. The topological polar surface area (TPSA) is 35.5 Å². The SMILES string of the molecule is CC(C)(C)[Si](C)(C)OC1CC(CCP(=O)(c2ccccc2)c2ccccc2)=C[C@@H](O[Si](C)(C)C(C)(C)C)C1. The van der Waals surface area contributed by atoms with Crippen LogP contribution in [-0.2, 0) is 13.4 Å². The summed E-state index contributed by atoms with van der Waals surface area (Å²) in [6, 6.07) is 20.1. The third-order valence-electron chi connectivity index (χ3n) is 9.02. The van der Waals surface area contributed by atoms with Gasteiger partial charge in [0, 0.05) is 23.2 Å². The molecule has 3 nitrogen and oxygen atoms in total. The van der Waals surface area contributed by atoms with Crippen LogP contribution in [0.3, 0.4) is 0 Å². The van der Waals surface area contributed by atoms with Gasteiger partial charge in [-0.05, 0) is 49.1 Å². The summed E-state index contributed by atoms with van der Waals surface area (Å²) in [7, 11) is -6.66. The smallest absolute Gasteiger partial charge is 0.192 e. The Hall–Kier alpha value is -1.24. The van der Waals surface area contributed by atoms with Crippen LogP contribution in [-0.4, -0.2) is 35.0 Å². The average molecular weight is 571 g/mol. The molecule has 0 saturated carbocycles. The normalized spacial score (nSPS) is 19.8. The fourth-order valence-electron chi connectivity index (χ4n) is 4.59. The molecule has 3 rings (SSSR count). The lowest BCUT2D eigenvalue weighted by Gasteiger charge is -2.44. The summed E-state index contributed by atoms with van der Waals surface area (Å²) in [6.45, 7) is 23.1. The molecular weight excluding hydrogens is 519 g/mol. The Labute approximate surface area is 235 Å². The van der Waals surface area contributed by atoms with Gasteiger partial charge in [-0.25, -0.2) is 0 Å². The summed E-state index contributed by atoms with van der Waals surface area (Å²) in [4.78, 5) is 0. The Bertz CT molecular complexity index is 1090. The third-order valence-corrected chi connectivity index (χ3v) is 21.2. The lowest BCUT2D eigenvalue weighted by molar-refractivity contribution is 0.103. The van der Waals surface area contributed by atoms with E-state index in [2.05, 4.69) is 73.8 Å². The van der Waals surface area contributed by atoms with Crippen LogP contribution < -0.4 is 10.6 Å². The quantitative estimate of drug-likeness (QED) is 0.172. The second-order valence-corrected chi connectivity index (χ2v) is 26.5. The molecule has 2 atom stereocenters. The molecule has 0 aromatic heterocycles. The standard InChI is InChI=1S/C32H51O3PSi2/c1-31(2,3)37(7,8)34-27-23-26(24-28(25-27)35-38(9,10)32(4,5)6)21-22-36(33,29-17-13-11-14-18-29)30-19-15-12-16-20-30/h11-20,23,27-28H,21-22,24-25H2,1-10H3/t27-,28?/m1/s1. The van der Waals surface area contributed by atoms with Crippen LogP contribution in [0.1, 0.15) is 60.8 Å². The van der Waals surface area contributed by atoms with Gasteiger partial charge in [0.15, 0.2) is 16.6 Å². The molecule has 0 amide bonds. The molecule has 0 saturated heterocycles. The van der Waals surface area contributed by atoms with E-state index in [0.717, 1.165) is 29.9 Å². The highest BCUT2D eigenvalue weighted by Crippen LogP contribution is 2.46. The van der Waals surface area contributed by atoms with Crippen LogP contribution in [0.5, 0.6) is 0 Å². The highest BCUT2D eigenvalue weighted by atomic mass is 31.2. The van der Waals surface area contributed by atoms with E-state index in [9.17, 15) is 4.57 Å². The molecule has 1 aliphatic carbocycles. The highest BCUT2D eigenvalue weighted by Gasteiger charge is 2.43. The van der Waals surface area contributed by atoms with Crippen molar-refractivity contribution >= 4 is 34.4 Å². The van der Waals surface area contributed by atoms with E-state index in [1.54, 1.807) is 0 Å². The third kappa shape index (κ3) is 7.49. The Morgan fingerprint density at radius 3 is 1.66 bits per heavy atom. The lowest BCUT2D eigenvalue weighted by atomic mass is 9.93. The van der Waals surface area contributed by atoms with Gasteiger partial charge in [-0.1, -0.05) is 114 Å². The van der Waals surface area contributed by atoms with E-state index in [-0.39, 0.29) is 22.3 Å². The molecule has 0 fully saturated rings. The summed E-state index contributed by atoms with van der Waals surface area (Å²) in [5.74, 6) is 0. The van der Waals surface area contributed by atoms with E-state index in [1.807, 2.05) is 60.7 Å². The van der Waals surface area contributed by atoms with Gasteiger partial charge in [-0.2, -0.15) is 0 Å². The van der Waals surface area contributed by atoms with Crippen LogP contribution in [0.25, 0.3) is 0 Å². The van der Waals surface area contributed by atoms with Gasteiger partial charge in [0.05, 0.1) is 12.2 Å². The predicted octanol–water partition coefficient (Wildman–Crippen LogP) is 8.89. The number of hydrogen-bond acceptors (Lipinski definition) is 3. The molecule has 38 heavy (non-hydrogen) atoms. The molecule has 2 aromatic carbocycles. The monoisotopic (exact) mass is 570 g/mol. The van der Waals surface area contributed by atoms with Crippen molar-refractivity contribution < 1.29 is 13.4 Å². The Balaban J connectivity index is 1.91. The average Bonchev–Trinajstić information content (AvgIpc) is 2.81. The second kappa shape index (κ2) is 11.7. The van der Waals surface area contributed by atoms with E-state index in [4.69, 9.17) is 8.85 Å². The first-order valence-corrected chi connectivity index (χ1v) is 21.9. The largest absolute Gasteiger partial charge is 0.414 e. The maximum absolute atomic E-state index is 14.7. The maximum atomic E-state index is 14.7. The molecular formula is C32H51O3PSi2. The Morgan fingerprint density at radius 1 is 0.763 bits per heavy atom. The van der Waals surface area contributed by atoms with Gasteiger partial charge in [0.1, 0.15) is 7.14 Å². The minimum atomic E-state index is -2.77. The van der Waals surface area contributed by atoms with Gasteiger partial charge in [-0.3, -0.25) is 0 Å². The van der Waals surface area contributed by atoms with Crippen LogP contribution in [0.15, 0.2) is 72.3 Å². The van der Waals surface area contributed by atoms with E-state index in [0.29, 0.717) is 6.16 Å².